The Labute approximate surface area is 224 Å². The van der Waals surface area contributed by atoms with Crippen molar-refractivity contribution in [2.75, 3.05) is 18.6 Å². The van der Waals surface area contributed by atoms with Crippen LogP contribution in [0.5, 0.6) is 5.75 Å². The average molecular weight is 532 g/mol. The van der Waals surface area contributed by atoms with Gasteiger partial charge in [-0.3, -0.25) is 14.5 Å². The normalized spacial score (nSPS) is 24.3. The summed E-state index contributed by atoms with van der Waals surface area (Å²) < 4.78 is 7.21. The molecule has 3 atom stereocenters. The molecule has 38 heavy (non-hydrogen) atoms. The molecule has 1 unspecified atom stereocenters. The van der Waals surface area contributed by atoms with Crippen LogP contribution in [0.2, 0.25) is 5.02 Å². The lowest BCUT2D eigenvalue weighted by atomic mass is 9.74. The number of benzene rings is 1. The van der Waals surface area contributed by atoms with Gasteiger partial charge >= 0.3 is 0 Å². The zero-order chi connectivity index (χ0) is 26.6. The zero-order valence-electron chi connectivity index (χ0n) is 21.0. The molecule has 1 saturated heterocycles. The van der Waals surface area contributed by atoms with E-state index in [1.165, 1.54) is 0 Å². The molecule has 1 aliphatic heterocycles. The number of ether oxygens (including phenoxy) is 1. The number of halogens is 1. The quantitative estimate of drug-likeness (QED) is 0.494. The number of nitrogens with one attached hydrogen (secondary N) is 1. The van der Waals surface area contributed by atoms with Gasteiger partial charge in [-0.05, 0) is 61.8 Å². The third-order valence-electron chi connectivity index (χ3n) is 7.94. The number of hydrogen-bond acceptors (Lipinski definition) is 7. The highest BCUT2D eigenvalue weighted by Gasteiger charge is 2.53. The molecule has 1 aromatic carbocycles. The van der Waals surface area contributed by atoms with E-state index in [4.69, 9.17) is 16.3 Å². The molecule has 2 saturated carbocycles. The van der Waals surface area contributed by atoms with Gasteiger partial charge in [-0.1, -0.05) is 16.8 Å². The van der Waals surface area contributed by atoms with E-state index in [-0.39, 0.29) is 41.4 Å². The molecule has 0 bridgehead atoms. The minimum Gasteiger partial charge on any atom is -0.496 e. The number of hydrogen-bond donors (Lipinski definition) is 1. The van der Waals surface area contributed by atoms with Crippen molar-refractivity contribution in [3.05, 3.63) is 64.1 Å². The molecule has 0 spiro atoms. The van der Waals surface area contributed by atoms with Gasteiger partial charge in [-0.2, -0.15) is 5.26 Å². The fourth-order valence-corrected chi connectivity index (χ4v) is 5.67. The standard InChI is InChI=1S/C27H26ClN7O3/c1-14(22-11-30-25(9-24(22)38-2)34-12-17-7-21(17)27(34)37)35-13-23(32-33-35)26(36)31-19-5-16(6-19)20-8-18(28)4-3-15(20)10-29/h3-4,8-9,11,13-14,16-17,19,21H,5-7,12H2,1-2H3,(H,31,36)/t14?,16?,17-,19?,21-/m1/s1. The van der Waals surface area contributed by atoms with Crippen molar-refractivity contribution in [1.82, 2.24) is 25.3 Å². The van der Waals surface area contributed by atoms with E-state index in [0.29, 0.717) is 34.6 Å². The second-order valence-corrected chi connectivity index (χ2v) is 10.7. The van der Waals surface area contributed by atoms with Crippen molar-refractivity contribution in [3.63, 3.8) is 0 Å². The Kier molecular flexibility index (Phi) is 6.03. The first-order valence-electron chi connectivity index (χ1n) is 12.6. The molecule has 3 aromatic rings. The van der Waals surface area contributed by atoms with Gasteiger partial charge in [0.2, 0.25) is 5.91 Å². The first-order valence-corrected chi connectivity index (χ1v) is 13.0. The molecule has 2 aliphatic carbocycles. The molecule has 194 valence electrons. The van der Waals surface area contributed by atoms with Gasteiger partial charge in [0.25, 0.3) is 5.91 Å². The van der Waals surface area contributed by atoms with Gasteiger partial charge in [0, 0.05) is 41.4 Å². The lowest BCUT2D eigenvalue weighted by Crippen LogP contribution is -2.43. The molecule has 11 heteroatoms. The molecule has 2 aromatic heterocycles. The minimum absolute atomic E-state index is 0.0169. The van der Waals surface area contributed by atoms with Crippen LogP contribution in [0.4, 0.5) is 5.82 Å². The number of piperidine rings is 1. The molecule has 2 amide bonds. The highest BCUT2D eigenvalue weighted by molar-refractivity contribution is 6.30. The largest absolute Gasteiger partial charge is 0.496 e. The fourth-order valence-electron chi connectivity index (χ4n) is 5.49. The molecule has 3 aliphatic rings. The van der Waals surface area contributed by atoms with Gasteiger partial charge < -0.3 is 10.1 Å². The maximum absolute atomic E-state index is 12.8. The number of nitriles is 1. The Balaban J connectivity index is 1.10. The number of carbonyl (C=O) groups is 2. The summed E-state index contributed by atoms with van der Waals surface area (Å²) in [5.41, 5.74) is 2.51. The number of anilines is 1. The number of rotatable bonds is 7. The minimum atomic E-state index is -0.302. The van der Waals surface area contributed by atoms with Gasteiger partial charge in [0.15, 0.2) is 5.69 Å². The van der Waals surface area contributed by atoms with E-state index < -0.39 is 0 Å². The summed E-state index contributed by atoms with van der Waals surface area (Å²) >= 11 is 6.12. The maximum Gasteiger partial charge on any atom is 0.273 e. The van der Waals surface area contributed by atoms with E-state index in [9.17, 15) is 14.9 Å². The van der Waals surface area contributed by atoms with Crippen molar-refractivity contribution in [1.29, 1.82) is 5.26 Å². The van der Waals surface area contributed by atoms with Crippen molar-refractivity contribution in [3.8, 4) is 11.8 Å². The lowest BCUT2D eigenvalue weighted by Gasteiger charge is -2.36. The number of aromatic nitrogens is 4. The summed E-state index contributed by atoms with van der Waals surface area (Å²) in [7, 11) is 1.58. The Hall–Kier alpha value is -3.97. The summed E-state index contributed by atoms with van der Waals surface area (Å²) in [4.78, 5) is 31.6. The molecule has 3 fully saturated rings. The topological polar surface area (TPSA) is 126 Å². The second-order valence-electron chi connectivity index (χ2n) is 10.3. The van der Waals surface area contributed by atoms with Crippen LogP contribution < -0.4 is 15.0 Å². The van der Waals surface area contributed by atoms with Gasteiger partial charge in [-0.15, -0.1) is 5.10 Å². The third-order valence-corrected chi connectivity index (χ3v) is 8.17. The van der Waals surface area contributed by atoms with Crippen molar-refractivity contribution >= 4 is 29.2 Å². The second kappa shape index (κ2) is 9.40. The van der Waals surface area contributed by atoms with Crippen LogP contribution in [0.3, 0.4) is 0 Å². The predicted octanol–water partition coefficient (Wildman–Crippen LogP) is 3.47. The first-order chi connectivity index (χ1) is 18.4. The Morgan fingerprint density at radius 1 is 1.29 bits per heavy atom. The number of amides is 2. The van der Waals surface area contributed by atoms with E-state index >= 15 is 0 Å². The highest BCUT2D eigenvalue weighted by Crippen LogP contribution is 2.47. The first kappa shape index (κ1) is 24.4. The van der Waals surface area contributed by atoms with Gasteiger partial charge in [0.05, 0.1) is 31.0 Å². The number of fused-ring (bicyclic) bond motifs is 1. The van der Waals surface area contributed by atoms with Crippen LogP contribution in [-0.2, 0) is 4.79 Å². The lowest BCUT2D eigenvalue weighted by molar-refractivity contribution is -0.118. The summed E-state index contributed by atoms with van der Waals surface area (Å²) in [5.74, 6) is 1.79. The molecule has 6 rings (SSSR count). The van der Waals surface area contributed by atoms with E-state index in [1.807, 2.05) is 13.0 Å². The molecule has 0 radical (unpaired) electrons. The Bertz CT molecular complexity index is 1480. The number of methoxy groups -OCH3 is 1. The Morgan fingerprint density at radius 3 is 2.82 bits per heavy atom. The molecule has 1 N–H and O–H groups in total. The van der Waals surface area contributed by atoms with Crippen LogP contribution in [0.25, 0.3) is 0 Å². The summed E-state index contributed by atoms with van der Waals surface area (Å²) in [5, 5.41) is 21.2. The maximum atomic E-state index is 12.8. The monoisotopic (exact) mass is 531 g/mol. The fraction of sp³-hybridized carbons (Fsp3) is 0.407. The molecule has 3 heterocycles. The van der Waals surface area contributed by atoms with Crippen LogP contribution in [0, 0.1) is 23.2 Å². The van der Waals surface area contributed by atoms with Gasteiger partial charge in [-0.25, -0.2) is 9.67 Å². The Morgan fingerprint density at radius 2 is 2.11 bits per heavy atom. The number of nitrogens with zero attached hydrogens (tertiary/aromatic N) is 6. The van der Waals surface area contributed by atoms with Crippen molar-refractivity contribution < 1.29 is 14.3 Å². The molecular formula is C27H26ClN7O3. The van der Waals surface area contributed by atoms with Crippen LogP contribution >= 0.6 is 11.6 Å². The van der Waals surface area contributed by atoms with Crippen LogP contribution in [0.15, 0.2) is 36.7 Å². The van der Waals surface area contributed by atoms with Crippen LogP contribution in [0.1, 0.15) is 65.3 Å². The van der Waals surface area contributed by atoms with Crippen molar-refractivity contribution in [2.45, 2.75) is 44.2 Å². The summed E-state index contributed by atoms with van der Waals surface area (Å²) in [6.45, 7) is 2.62. The number of carbonyl (C=O) groups excluding carboxylic acids is 2. The van der Waals surface area contributed by atoms with Crippen LogP contribution in [-0.4, -0.2) is 51.5 Å². The molecular weight excluding hydrogens is 506 g/mol. The number of pyridine rings is 1. The van der Waals surface area contributed by atoms with E-state index in [1.54, 1.807) is 47.3 Å². The van der Waals surface area contributed by atoms with E-state index in [2.05, 4.69) is 26.7 Å². The average Bonchev–Trinajstić information content (AvgIpc) is 3.36. The van der Waals surface area contributed by atoms with Crippen molar-refractivity contribution in [2.24, 2.45) is 11.8 Å². The highest BCUT2D eigenvalue weighted by atomic mass is 35.5. The van der Waals surface area contributed by atoms with Gasteiger partial charge in [0.1, 0.15) is 11.6 Å². The van der Waals surface area contributed by atoms with E-state index in [0.717, 1.165) is 30.4 Å². The zero-order valence-corrected chi connectivity index (χ0v) is 21.7. The smallest absolute Gasteiger partial charge is 0.273 e. The predicted molar refractivity (Wildman–Crippen MR) is 138 cm³/mol. The summed E-state index contributed by atoms with van der Waals surface area (Å²) in [6.07, 6.45) is 5.72. The summed E-state index contributed by atoms with van der Waals surface area (Å²) in [6, 6.07) is 8.95. The molecule has 10 nitrogen and oxygen atoms in total. The SMILES string of the molecule is COc1cc(N2C[C@H]3C[C@H]3C2=O)ncc1C(C)n1cc(C(=O)NC2CC(c3cc(Cl)ccc3C#N)C2)nn1. The third kappa shape index (κ3) is 4.27.